The molecule has 2 aromatic carbocycles. The molecule has 0 aliphatic carbocycles. The van der Waals surface area contributed by atoms with Crippen LogP contribution in [0.1, 0.15) is 45.1 Å². The Morgan fingerprint density at radius 1 is 1.00 bits per heavy atom. The van der Waals surface area contributed by atoms with Crippen LogP contribution in [0.4, 0.5) is 5.69 Å². The van der Waals surface area contributed by atoms with Crippen LogP contribution in [-0.2, 0) is 4.74 Å². The van der Waals surface area contributed by atoms with E-state index in [1.807, 2.05) is 54.6 Å². The quantitative estimate of drug-likeness (QED) is 0.272. The minimum Gasteiger partial charge on any atom is -0.495 e. The van der Waals surface area contributed by atoms with Crippen LogP contribution >= 0.6 is 12.2 Å². The van der Waals surface area contributed by atoms with E-state index in [0.29, 0.717) is 10.7 Å². The van der Waals surface area contributed by atoms with Gasteiger partial charge in [0.15, 0.2) is 5.11 Å². The Morgan fingerprint density at radius 3 is 2.41 bits per heavy atom. The third-order valence-electron chi connectivity index (χ3n) is 6.78. The van der Waals surface area contributed by atoms with Gasteiger partial charge in [0.2, 0.25) is 0 Å². The fourth-order valence-electron chi connectivity index (χ4n) is 5.11. The van der Waals surface area contributed by atoms with Crippen molar-refractivity contribution in [3.05, 3.63) is 107 Å². The molecule has 1 aliphatic heterocycles. The van der Waals surface area contributed by atoms with E-state index in [4.69, 9.17) is 21.7 Å². The van der Waals surface area contributed by atoms with Crippen molar-refractivity contribution in [2.75, 3.05) is 19.1 Å². The molecular formula is C29H28N4O3S. The molecule has 1 N–H and O–H groups in total. The molecule has 0 amide bonds. The first-order chi connectivity index (χ1) is 17.9. The van der Waals surface area contributed by atoms with E-state index in [0.717, 1.165) is 39.8 Å². The second-order valence-electron chi connectivity index (χ2n) is 8.87. The number of benzene rings is 2. The lowest BCUT2D eigenvalue weighted by molar-refractivity contribution is 0.0600. The van der Waals surface area contributed by atoms with Crippen LogP contribution in [0, 0.1) is 13.8 Å². The fourth-order valence-corrected chi connectivity index (χ4v) is 5.45. The zero-order valence-electron chi connectivity index (χ0n) is 21.1. The highest BCUT2D eigenvalue weighted by Gasteiger charge is 2.43. The number of pyridine rings is 1. The minimum atomic E-state index is -0.357. The lowest BCUT2D eigenvalue weighted by Gasteiger charge is -2.29. The normalized spacial score (nSPS) is 17.0. The van der Waals surface area contributed by atoms with Crippen molar-refractivity contribution in [2.45, 2.75) is 25.9 Å². The van der Waals surface area contributed by atoms with Crippen molar-refractivity contribution in [1.82, 2.24) is 14.9 Å². The number of carbonyl (C=O) groups is 1. The number of nitrogens with one attached hydrogen (secondary N) is 1. The third kappa shape index (κ3) is 4.34. The molecule has 8 heteroatoms. The highest BCUT2D eigenvalue weighted by Crippen LogP contribution is 2.46. The molecule has 1 aliphatic rings. The Morgan fingerprint density at radius 2 is 1.73 bits per heavy atom. The Balaban J connectivity index is 1.65. The number of esters is 1. The highest BCUT2D eigenvalue weighted by atomic mass is 32.1. The number of aromatic nitrogens is 2. The van der Waals surface area contributed by atoms with Crippen molar-refractivity contribution >= 4 is 29.0 Å². The van der Waals surface area contributed by atoms with Gasteiger partial charge in [-0.15, -0.1) is 0 Å². The minimum absolute atomic E-state index is 0.172. The average molecular weight is 513 g/mol. The molecule has 0 saturated carbocycles. The van der Waals surface area contributed by atoms with Crippen LogP contribution in [0.5, 0.6) is 5.75 Å². The number of rotatable bonds is 6. The smallest absolute Gasteiger partial charge is 0.337 e. The van der Waals surface area contributed by atoms with Gasteiger partial charge in [-0.05, 0) is 86.2 Å². The van der Waals surface area contributed by atoms with E-state index in [-0.39, 0.29) is 18.1 Å². The van der Waals surface area contributed by atoms with E-state index in [1.54, 1.807) is 25.4 Å². The SMILES string of the molecule is COC(=O)c1ccc(-n2c(C)cc([C@@H]3[C@H](c4ccccn4)NC(=S)N3c3ccccc3OC)c2C)cc1. The molecule has 0 spiro atoms. The van der Waals surface area contributed by atoms with Crippen LogP contribution < -0.4 is 15.0 Å². The molecule has 1 saturated heterocycles. The van der Waals surface area contributed by atoms with Gasteiger partial charge in [-0.1, -0.05) is 18.2 Å². The highest BCUT2D eigenvalue weighted by molar-refractivity contribution is 7.80. The first-order valence-corrected chi connectivity index (χ1v) is 12.4. The standard InChI is InChI=1S/C29H28N4O3S/c1-18-17-22(19(2)32(18)21-14-12-20(13-15-21)28(34)36-4)27-26(23-9-7-8-16-30-23)31-29(37)33(27)24-10-5-6-11-25(24)35-3/h5-17,26-27H,1-4H3,(H,31,37)/t26-,27+/m0/s1. The molecule has 1 fully saturated rings. The number of ether oxygens (including phenoxy) is 2. The first kappa shape index (κ1) is 24.5. The predicted octanol–water partition coefficient (Wildman–Crippen LogP) is 5.46. The monoisotopic (exact) mass is 512 g/mol. The van der Waals surface area contributed by atoms with Gasteiger partial charge in [0, 0.05) is 23.3 Å². The molecule has 7 nitrogen and oxygen atoms in total. The summed E-state index contributed by atoms with van der Waals surface area (Å²) in [4.78, 5) is 18.7. The zero-order chi connectivity index (χ0) is 26.1. The third-order valence-corrected chi connectivity index (χ3v) is 7.09. The summed E-state index contributed by atoms with van der Waals surface area (Å²) < 4.78 is 12.8. The topological polar surface area (TPSA) is 68.6 Å². The van der Waals surface area contributed by atoms with Gasteiger partial charge in [-0.25, -0.2) is 4.79 Å². The summed E-state index contributed by atoms with van der Waals surface area (Å²) in [5.41, 5.74) is 6.51. The van der Waals surface area contributed by atoms with E-state index < -0.39 is 0 Å². The van der Waals surface area contributed by atoms with E-state index in [1.165, 1.54) is 7.11 Å². The van der Waals surface area contributed by atoms with E-state index >= 15 is 0 Å². The van der Waals surface area contributed by atoms with Gasteiger partial charge in [0.1, 0.15) is 5.75 Å². The molecule has 2 aromatic heterocycles. The number of carbonyl (C=O) groups excluding carboxylic acids is 1. The van der Waals surface area contributed by atoms with Crippen molar-refractivity contribution in [2.24, 2.45) is 0 Å². The summed E-state index contributed by atoms with van der Waals surface area (Å²) in [5, 5.41) is 4.13. The summed E-state index contributed by atoms with van der Waals surface area (Å²) in [5.74, 6) is 0.384. The van der Waals surface area contributed by atoms with Gasteiger partial charge < -0.3 is 24.3 Å². The van der Waals surface area contributed by atoms with Crippen molar-refractivity contribution in [3.8, 4) is 11.4 Å². The maximum Gasteiger partial charge on any atom is 0.337 e. The van der Waals surface area contributed by atoms with Gasteiger partial charge in [-0.2, -0.15) is 0 Å². The number of anilines is 1. The second-order valence-corrected chi connectivity index (χ2v) is 9.26. The molecular weight excluding hydrogens is 484 g/mol. The Labute approximate surface area is 221 Å². The van der Waals surface area contributed by atoms with Crippen LogP contribution in [0.2, 0.25) is 0 Å². The maximum absolute atomic E-state index is 11.9. The summed E-state index contributed by atoms with van der Waals surface area (Å²) >= 11 is 5.89. The number of nitrogens with zero attached hydrogens (tertiary/aromatic N) is 3. The molecule has 37 heavy (non-hydrogen) atoms. The average Bonchev–Trinajstić information content (AvgIpc) is 3.43. The van der Waals surface area contributed by atoms with Crippen LogP contribution in [0.3, 0.4) is 0 Å². The number of thiocarbonyl (C=S) groups is 1. The number of para-hydroxylation sites is 2. The lowest BCUT2D eigenvalue weighted by atomic mass is 9.96. The maximum atomic E-state index is 11.9. The van der Waals surface area contributed by atoms with Crippen LogP contribution in [0.25, 0.3) is 5.69 Å². The Kier molecular flexibility index (Phi) is 6.67. The predicted molar refractivity (Wildman–Crippen MR) is 148 cm³/mol. The number of hydrogen-bond acceptors (Lipinski definition) is 5. The van der Waals surface area contributed by atoms with Gasteiger partial charge >= 0.3 is 5.97 Å². The largest absolute Gasteiger partial charge is 0.495 e. The molecule has 0 radical (unpaired) electrons. The summed E-state index contributed by atoms with van der Waals surface area (Å²) in [6.45, 7) is 4.18. The summed E-state index contributed by atoms with van der Waals surface area (Å²) in [7, 11) is 3.05. The van der Waals surface area contributed by atoms with Gasteiger partial charge in [-0.3, -0.25) is 4.98 Å². The first-order valence-electron chi connectivity index (χ1n) is 12.0. The Bertz CT molecular complexity index is 1450. The molecule has 4 aromatic rings. The fraction of sp³-hybridized carbons (Fsp3) is 0.207. The Hall–Kier alpha value is -4.17. The molecule has 2 atom stereocenters. The molecule has 3 heterocycles. The molecule has 5 rings (SSSR count). The number of methoxy groups -OCH3 is 2. The van der Waals surface area contributed by atoms with Crippen molar-refractivity contribution in [3.63, 3.8) is 0 Å². The van der Waals surface area contributed by atoms with E-state index in [2.05, 4.69) is 39.7 Å². The molecule has 188 valence electrons. The molecule has 0 bridgehead atoms. The summed E-state index contributed by atoms with van der Waals surface area (Å²) in [6, 6.07) is 23.1. The van der Waals surface area contributed by atoms with Crippen LogP contribution in [-0.4, -0.2) is 34.9 Å². The zero-order valence-corrected chi connectivity index (χ0v) is 22.0. The van der Waals surface area contributed by atoms with Crippen LogP contribution in [0.15, 0.2) is 79.0 Å². The van der Waals surface area contributed by atoms with Crippen molar-refractivity contribution < 1.29 is 14.3 Å². The number of hydrogen-bond donors (Lipinski definition) is 1. The van der Waals surface area contributed by atoms with Gasteiger partial charge in [0.25, 0.3) is 0 Å². The molecule has 0 unspecified atom stereocenters. The second kappa shape index (κ2) is 10.1. The summed E-state index contributed by atoms with van der Waals surface area (Å²) in [6.07, 6.45) is 1.80. The van der Waals surface area contributed by atoms with E-state index in [9.17, 15) is 4.79 Å². The van der Waals surface area contributed by atoms with Crippen molar-refractivity contribution in [1.29, 1.82) is 0 Å². The number of aryl methyl sites for hydroxylation is 1. The van der Waals surface area contributed by atoms with Gasteiger partial charge in [0.05, 0.1) is 43.2 Å². The lowest BCUT2D eigenvalue weighted by Crippen LogP contribution is -2.30.